The molecule has 2 amide bonds. The Balaban J connectivity index is 1.70. The average Bonchev–Trinajstić information content (AvgIpc) is 3.20. The molecule has 0 radical (unpaired) electrons. The van der Waals surface area contributed by atoms with Crippen molar-refractivity contribution < 1.29 is 27.9 Å². The van der Waals surface area contributed by atoms with Gasteiger partial charge in [0, 0.05) is 29.3 Å². The maximum absolute atomic E-state index is 13.2. The number of aliphatic hydroxyl groups excluding tert-OH is 1. The number of aromatic nitrogens is 2. The number of imidazole rings is 1. The van der Waals surface area contributed by atoms with Crippen LogP contribution in [0.5, 0.6) is 0 Å². The van der Waals surface area contributed by atoms with E-state index in [1.807, 2.05) is 10.6 Å². The number of hydrogen-bond acceptors (Lipinski definition) is 4. The first-order chi connectivity index (χ1) is 17.4. The number of anilines is 2. The number of carbonyl (C=O) groups is 2. The van der Waals surface area contributed by atoms with Gasteiger partial charge in [0.05, 0.1) is 16.6 Å². The lowest BCUT2D eigenvalue weighted by atomic mass is 9.86. The lowest BCUT2D eigenvalue weighted by molar-refractivity contribution is -0.137. The summed E-state index contributed by atoms with van der Waals surface area (Å²) in [4.78, 5) is 30.1. The van der Waals surface area contributed by atoms with Crippen molar-refractivity contribution in [3.63, 3.8) is 0 Å². The molecule has 4 rings (SSSR count). The summed E-state index contributed by atoms with van der Waals surface area (Å²) in [5.74, 6) is -0.419. The van der Waals surface area contributed by atoms with Crippen molar-refractivity contribution in [2.45, 2.75) is 58.7 Å². The molecule has 1 fully saturated rings. The van der Waals surface area contributed by atoms with Crippen molar-refractivity contribution in [2.75, 3.05) is 17.2 Å². The molecule has 3 N–H and O–H groups in total. The Bertz CT molecular complexity index is 1300. The van der Waals surface area contributed by atoms with E-state index in [-0.39, 0.29) is 36.0 Å². The summed E-state index contributed by atoms with van der Waals surface area (Å²) < 4.78 is 41.4. The molecule has 3 aromatic rings. The Kier molecular flexibility index (Phi) is 7.32. The van der Waals surface area contributed by atoms with Crippen LogP contribution in [0, 0.1) is 11.3 Å². The number of rotatable bonds is 5. The number of fused-ring (bicyclic) bond motifs is 1. The van der Waals surface area contributed by atoms with Crippen LogP contribution in [-0.4, -0.2) is 33.1 Å². The van der Waals surface area contributed by atoms with Gasteiger partial charge in [-0.25, -0.2) is 4.98 Å². The molecule has 7 nitrogen and oxygen atoms in total. The Hall–Kier alpha value is -3.40. The number of amides is 2. The third-order valence-electron chi connectivity index (χ3n) is 6.75. The number of nitrogens with one attached hydrogen (secondary N) is 2. The van der Waals surface area contributed by atoms with Crippen LogP contribution < -0.4 is 10.6 Å². The lowest BCUT2D eigenvalue weighted by Gasteiger charge is -2.29. The number of hydrogen-bond donors (Lipinski definition) is 3. The first-order valence-electron chi connectivity index (χ1n) is 12.3. The highest BCUT2D eigenvalue weighted by Crippen LogP contribution is 2.37. The quantitative estimate of drug-likeness (QED) is 0.387. The minimum atomic E-state index is -4.57. The van der Waals surface area contributed by atoms with Gasteiger partial charge < -0.3 is 15.0 Å². The third-order valence-corrected chi connectivity index (χ3v) is 6.75. The molecule has 0 unspecified atom stereocenters. The highest BCUT2D eigenvalue weighted by molar-refractivity contribution is 6.04. The van der Waals surface area contributed by atoms with Gasteiger partial charge in [0.1, 0.15) is 0 Å². The molecule has 1 saturated carbocycles. The molecule has 1 aromatic heterocycles. The second kappa shape index (κ2) is 10.2. The second-order valence-corrected chi connectivity index (χ2v) is 10.6. The third kappa shape index (κ3) is 5.95. The summed E-state index contributed by atoms with van der Waals surface area (Å²) in [6.07, 6.45) is -1.44. The van der Waals surface area contributed by atoms with Gasteiger partial charge in [-0.3, -0.25) is 14.9 Å². The number of halogens is 3. The van der Waals surface area contributed by atoms with Gasteiger partial charge >= 0.3 is 6.18 Å². The predicted molar refractivity (Wildman–Crippen MR) is 135 cm³/mol. The van der Waals surface area contributed by atoms with Crippen molar-refractivity contribution >= 4 is 34.5 Å². The van der Waals surface area contributed by atoms with Crippen molar-refractivity contribution in [1.82, 2.24) is 9.55 Å². The number of nitrogens with zero attached hydrogens (tertiary/aromatic N) is 2. The highest BCUT2D eigenvalue weighted by atomic mass is 19.4. The molecule has 0 spiro atoms. The van der Waals surface area contributed by atoms with E-state index in [1.165, 1.54) is 12.1 Å². The van der Waals surface area contributed by atoms with E-state index in [0.717, 1.165) is 43.3 Å². The van der Waals surface area contributed by atoms with Crippen LogP contribution in [0.2, 0.25) is 0 Å². The maximum atomic E-state index is 13.2. The molecule has 0 saturated heterocycles. The van der Waals surface area contributed by atoms with Crippen LogP contribution >= 0.6 is 0 Å². The molecule has 0 aliphatic heterocycles. The van der Waals surface area contributed by atoms with E-state index in [0.29, 0.717) is 11.2 Å². The Morgan fingerprint density at radius 3 is 2.35 bits per heavy atom. The van der Waals surface area contributed by atoms with E-state index in [9.17, 15) is 27.9 Å². The minimum Gasteiger partial charge on any atom is -0.396 e. The fourth-order valence-electron chi connectivity index (χ4n) is 4.55. The van der Waals surface area contributed by atoms with Gasteiger partial charge in [0.2, 0.25) is 11.9 Å². The predicted octanol–water partition coefficient (Wildman–Crippen LogP) is 6.02. The largest absolute Gasteiger partial charge is 0.416 e. The molecule has 10 heteroatoms. The fourth-order valence-corrected chi connectivity index (χ4v) is 4.55. The summed E-state index contributed by atoms with van der Waals surface area (Å²) in [6.45, 7) is 5.53. The van der Waals surface area contributed by atoms with Gasteiger partial charge in [-0.15, -0.1) is 0 Å². The number of carbonyl (C=O) groups excluding carboxylic acids is 2. The van der Waals surface area contributed by atoms with Crippen LogP contribution in [0.3, 0.4) is 0 Å². The van der Waals surface area contributed by atoms with E-state index in [4.69, 9.17) is 0 Å². The maximum Gasteiger partial charge on any atom is 0.416 e. The molecule has 1 heterocycles. The lowest BCUT2D eigenvalue weighted by Crippen LogP contribution is -2.27. The smallest absolute Gasteiger partial charge is 0.396 e. The number of aliphatic hydroxyl groups is 1. The zero-order valence-electron chi connectivity index (χ0n) is 21.0. The molecule has 0 bridgehead atoms. The van der Waals surface area contributed by atoms with Gasteiger partial charge in [-0.05, 0) is 68.0 Å². The van der Waals surface area contributed by atoms with Crippen molar-refractivity contribution in [3.05, 3.63) is 53.6 Å². The standard InChI is InChI=1S/C27H31F3N4O3/c1-26(2,3)24(37)31-19-9-12-22-21(14-19)32-25(34(22)20-10-7-16(15-35)8-11-20)33-23(36)17-5-4-6-18(13-17)27(28,29)30/h4-6,9,12-14,16,20,35H,7-8,10-11,15H2,1-3H3,(H,31,37)(H,32,33,36). The first-order valence-corrected chi connectivity index (χ1v) is 12.3. The summed E-state index contributed by atoms with van der Waals surface area (Å²) in [5.41, 5.74) is 0.197. The molecule has 198 valence electrons. The Morgan fingerprint density at radius 2 is 1.73 bits per heavy atom. The zero-order chi connectivity index (χ0) is 27.0. The van der Waals surface area contributed by atoms with Crippen LogP contribution in [-0.2, 0) is 11.0 Å². The highest BCUT2D eigenvalue weighted by Gasteiger charge is 2.31. The summed E-state index contributed by atoms with van der Waals surface area (Å²) in [6, 6.07) is 9.54. The molecule has 0 atom stereocenters. The van der Waals surface area contributed by atoms with Gasteiger partial charge in [-0.1, -0.05) is 26.8 Å². The van der Waals surface area contributed by atoms with Crippen molar-refractivity contribution in [1.29, 1.82) is 0 Å². The van der Waals surface area contributed by atoms with Gasteiger partial charge in [0.15, 0.2) is 0 Å². The first kappa shape index (κ1) is 26.7. The fraction of sp³-hybridized carbons (Fsp3) is 0.444. The molecule has 1 aliphatic carbocycles. The normalized spacial score (nSPS) is 18.6. The van der Waals surface area contributed by atoms with Gasteiger partial charge in [-0.2, -0.15) is 13.2 Å². The molecule has 1 aliphatic rings. The minimum absolute atomic E-state index is 0.0142. The molecular weight excluding hydrogens is 485 g/mol. The Morgan fingerprint density at radius 1 is 1.03 bits per heavy atom. The van der Waals surface area contributed by atoms with Crippen LogP contribution in [0.25, 0.3) is 11.0 Å². The summed E-state index contributed by atoms with van der Waals surface area (Å²) in [5, 5.41) is 15.1. The van der Waals surface area contributed by atoms with Crippen molar-refractivity contribution in [3.8, 4) is 0 Å². The van der Waals surface area contributed by atoms with Gasteiger partial charge in [0.25, 0.3) is 5.91 Å². The average molecular weight is 517 g/mol. The monoisotopic (exact) mass is 516 g/mol. The second-order valence-electron chi connectivity index (χ2n) is 10.6. The SMILES string of the molecule is CC(C)(C)C(=O)Nc1ccc2c(c1)nc(NC(=O)c1cccc(C(F)(F)F)c1)n2C1CCC(CO)CC1. The summed E-state index contributed by atoms with van der Waals surface area (Å²) in [7, 11) is 0. The van der Waals surface area contributed by atoms with Crippen LogP contribution in [0.1, 0.15) is 68.4 Å². The van der Waals surface area contributed by atoms with Crippen molar-refractivity contribution in [2.24, 2.45) is 11.3 Å². The van der Waals surface area contributed by atoms with E-state index in [1.54, 1.807) is 32.9 Å². The zero-order valence-corrected chi connectivity index (χ0v) is 21.0. The molecule has 2 aromatic carbocycles. The molecule has 37 heavy (non-hydrogen) atoms. The van der Waals surface area contributed by atoms with Crippen LogP contribution in [0.4, 0.5) is 24.8 Å². The molecular formula is C27H31F3N4O3. The number of alkyl halides is 3. The number of benzene rings is 2. The van der Waals surface area contributed by atoms with E-state index < -0.39 is 23.1 Å². The van der Waals surface area contributed by atoms with E-state index in [2.05, 4.69) is 15.6 Å². The Labute approximate surface area is 213 Å². The van der Waals surface area contributed by atoms with E-state index >= 15 is 0 Å². The summed E-state index contributed by atoms with van der Waals surface area (Å²) >= 11 is 0. The topological polar surface area (TPSA) is 96.3 Å². The van der Waals surface area contributed by atoms with Crippen LogP contribution in [0.15, 0.2) is 42.5 Å².